The molecule has 2 aromatic rings. The van der Waals surface area contributed by atoms with Crippen LogP contribution >= 0.6 is 15.9 Å². The van der Waals surface area contributed by atoms with Crippen molar-refractivity contribution >= 4 is 21.6 Å². The van der Waals surface area contributed by atoms with Gasteiger partial charge in [0.15, 0.2) is 0 Å². The topological polar surface area (TPSA) is 59.0 Å². The van der Waals surface area contributed by atoms with Crippen LogP contribution in [0.5, 0.6) is 11.5 Å². The molecule has 0 unspecified atom stereocenters. The molecular weight excluding hydrogens is 299 g/mol. The monoisotopic (exact) mass is 306 g/mol. The summed E-state index contributed by atoms with van der Waals surface area (Å²) in [7, 11) is 0. The van der Waals surface area contributed by atoms with Crippen LogP contribution in [0.2, 0.25) is 0 Å². The third-order valence-corrected chi connectivity index (χ3v) is 2.86. The van der Waals surface area contributed by atoms with Crippen LogP contribution < -0.4 is 10.5 Å². The van der Waals surface area contributed by atoms with E-state index in [1.807, 2.05) is 0 Å². The Labute approximate surface area is 112 Å². The number of hydrogen-bond acceptors (Lipinski definition) is 3. The summed E-state index contributed by atoms with van der Waals surface area (Å²) in [6.45, 7) is 0. The molecule has 18 heavy (non-hydrogen) atoms. The van der Waals surface area contributed by atoms with Gasteiger partial charge in [0.1, 0.15) is 23.4 Å². The van der Waals surface area contributed by atoms with E-state index in [-0.39, 0.29) is 5.56 Å². The summed E-state index contributed by atoms with van der Waals surface area (Å²) in [6.07, 6.45) is 0. The van der Waals surface area contributed by atoms with Crippen LogP contribution in [0.3, 0.4) is 0 Å². The van der Waals surface area contributed by atoms with Gasteiger partial charge in [0.05, 0.1) is 10.0 Å². The van der Waals surface area contributed by atoms with Crippen molar-refractivity contribution in [3.05, 3.63) is 52.3 Å². The summed E-state index contributed by atoms with van der Waals surface area (Å²) >= 11 is 3.30. The highest BCUT2D eigenvalue weighted by molar-refractivity contribution is 9.10. The van der Waals surface area contributed by atoms with Gasteiger partial charge in [-0.1, -0.05) is 0 Å². The van der Waals surface area contributed by atoms with E-state index in [1.165, 1.54) is 18.2 Å². The molecule has 0 aliphatic heterocycles. The zero-order chi connectivity index (χ0) is 13.1. The summed E-state index contributed by atoms with van der Waals surface area (Å²) < 4.78 is 19.5. The number of hydrogen-bond donors (Lipinski definition) is 1. The second kappa shape index (κ2) is 5.07. The number of halogens is 2. The van der Waals surface area contributed by atoms with E-state index in [0.717, 1.165) is 0 Å². The SMILES string of the molecule is N#Cc1ccc(Oc2ccc(N)cc2Br)cc1F. The highest BCUT2D eigenvalue weighted by atomic mass is 79.9. The van der Waals surface area contributed by atoms with E-state index in [2.05, 4.69) is 15.9 Å². The minimum absolute atomic E-state index is 0.0151. The normalized spacial score (nSPS) is 9.83. The first-order valence-corrected chi connectivity index (χ1v) is 5.82. The molecule has 0 atom stereocenters. The van der Waals surface area contributed by atoms with E-state index in [9.17, 15) is 4.39 Å². The van der Waals surface area contributed by atoms with E-state index >= 15 is 0 Å². The van der Waals surface area contributed by atoms with Crippen molar-refractivity contribution in [3.63, 3.8) is 0 Å². The maximum absolute atomic E-state index is 13.4. The van der Waals surface area contributed by atoms with Crippen LogP contribution in [0, 0.1) is 17.1 Å². The molecule has 2 rings (SSSR count). The van der Waals surface area contributed by atoms with Crippen molar-refractivity contribution in [2.24, 2.45) is 0 Å². The molecule has 0 saturated heterocycles. The number of nitriles is 1. The molecular formula is C13H8BrFN2O. The molecule has 0 spiro atoms. The number of anilines is 1. The third kappa shape index (κ3) is 2.60. The fraction of sp³-hybridized carbons (Fsp3) is 0. The lowest BCUT2D eigenvalue weighted by molar-refractivity contribution is 0.473. The lowest BCUT2D eigenvalue weighted by Gasteiger charge is -2.08. The molecule has 0 saturated carbocycles. The van der Waals surface area contributed by atoms with Gasteiger partial charge in [0.2, 0.25) is 0 Å². The smallest absolute Gasteiger partial charge is 0.144 e. The zero-order valence-electron chi connectivity index (χ0n) is 9.15. The summed E-state index contributed by atoms with van der Waals surface area (Å²) in [5, 5.41) is 8.62. The average molecular weight is 307 g/mol. The second-order valence-electron chi connectivity index (χ2n) is 3.55. The highest BCUT2D eigenvalue weighted by Crippen LogP contribution is 2.31. The van der Waals surface area contributed by atoms with E-state index in [4.69, 9.17) is 15.7 Å². The highest BCUT2D eigenvalue weighted by Gasteiger charge is 2.06. The van der Waals surface area contributed by atoms with Crippen molar-refractivity contribution in [3.8, 4) is 17.6 Å². The molecule has 90 valence electrons. The van der Waals surface area contributed by atoms with E-state index < -0.39 is 5.82 Å². The van der Waals surface area contributed by atoms with Crippen LogP contribution in [0.1, 0.15) is 5.56 Å². The zero-order valence-corrected chi connectivity index (χ0v) is 10.7. The molecule has 0 bridgehead atoms. The summed E-state index contributed by atoms with van der Waals surface area (Å²) in [4.78, 5) is 0. The summed E-state index contributed by atoms with van der Waals surface area (Å²) in [5.74, 6) is 0.229. The Bertz CT molecular complexity index is 637. The Hall–Kier alpha value is -2.06. The van der Waals surface area contributed by atoms with Crippen molar-refractivity contribution in [2.75, 3.05) is 5.73 Å². The lowest BCUT2D eigenvalue weighted by atomic mass is 10.2. The Kier molecular flexibility index (Phi) is 3.49. The molecule has 0 aliphatic rings. The van der Waals surface area contributed by atoms with Gasteiger partial charge >= 0.3 is 0 Å². The van der Waals surface area contributed by atoms with Gasteiger partial charge in [-0.2, -0.15) is 5.26 Å². The van der Waals surface area contributed by atoms with Crippen molar-refractivity contribution in [1.82, 2.24) is 0 Å². The number of nitrogens with two attached hydrogens (primary N) is 1. The van der Waals surface area contributed by atoms with Gasteiger partial charge in [0, 0.05) is 11.8 Å². The first-order valence-electron chi connectivity index (χ1n) is 5.02. The number of nitrogens with zero attached hydrogens (tertiary/aromatic N) is 1. The van der Waals surface area contributed by atoms with Gasteiger partial charge in [-0.25, -0.2) is 4.39 Å². The van der Waals surface area contributed by atoms with E-state index in [1.54, 1.807) is 24.3 Å². The minimum Gasteiger partial charge on any atom is -0.456 e. The number of benzene rings is 2. The lowest BCUT2D eigenvalue weighted by Crippen LogP contribution is -1.90. The molecule has 0 radical (unpaired) electrons. The van der Waals surface area contributed by atoms with Crippen LogP contribution in [0.15, 0.2) is 40.9 Å². The first kappa shape index (κ1) is 12.4. The molecule has 0 amide bonds. The maximum atomic E-state index is 13.4. The van der Waals surface area contributed by atoms with Gasteiger partial charge in [-0.3, -0.25) is 0 Å². The standard InChI is InChI=1S/C13H8BrFN2O/c14-11-5-9(17)2-4-13(11)18-10-3-1-8(7-16)12(15)6-10/h1-6H,17H2. The van der Waals surface area contributed by atoms with Crippen molar-refractivity contribution < 1.29 is 9.13 Å². The van der Waals surface area contributed by atoms with Gasteiger partial charge in [0.25, 0.3) is 0 Å². The Morgan fingerprint density at radius 1 is 1.22 bits per heavy atom. The number of rotatable bonds is 2. The predicted molar refractivity (Wildman–Crippen MR) is 69.7 cm³/mol. The van der Waals surface area contributed by atoms with Crippen LogP contribution in [0.25, 0.3) is 0 Å². The average Bonchev–Trinajstić information content (AvgIpc) is 2.33. The Morgan fingerprint density at radius 2 is 2.00 bits per heavy atom. The minimum atomic E-state index is -0.610. The number of nitrogen functional groups attached to an aromatic ring is 1. The molecule has 0 fully saturated rings. The second-order valence-corrected chi connectivity index (χ2v) is 4.40. The molecule has 2 aromatic carbocycles. The van der Waals surface area contributed by atoms with Crippen LogP contribution in [0.4, 0.5) is 10.1 Å². The number of ether oxygens (including phenoxy) is 1. The first-order chi connectivity index (χ1) is 8.60. The fourth-order valence-corrected chi connectivity index (χ4v) is 1.85. The molecule has 0 aliphatic carbocycles. The Morgan fingerprint density at radius 3 is 2.61 bits per heavy atom. The van der Waals surface area contributed by atoms with Gasteiger partial charge in [-0.15, -0.1) is 0 Å². The maximum Gasteiger partial charge on any atom is 0.144 e. The Balaban J connectivity index is 2.29. The molecule has 0 aromatic heterocycles. The third-order valence-electron chi connectivity index (χ3n) is 2.24. The van der Waals surface area contributed by atoms with Gasteiger partial charge in [-0.05, 0) is 46.3 Å². The predicted octanol–water partition coefficient (Wildman–Crippen LogP) is 3.83. The molecule has 0 heterocycles. The molecule has 3 nitrogen and oxygen atoms in total. The van der Waals surface area contributed by atoms with Crippen molar-refractivity contribution in [1.29, 1.82) is 5.26 Å². The van der Waals surface area contributed by atoms with E-state index in [0.29, 0.717) is 21.7 Å². The molecule has 5 heteroatoms. The largest absolute Gasteiger partial charge is 0.456 e. The quantitative estimate of drug-likeness (QED) is 0.858. The van der Waals surface area contributed by atoms with Crippen molar-refractivity contribution in [2.45, 2.75) is 0 Å². The van der Waals surface area contributed by atoms with Crippen LogP contribution in [-0.4, -0.2) is 0 Å². The molecule has 2 N–H and O–H groups in total. The summed E-state index contributed by atoms with van der Waals surface area (Å²) in [6, 6.07) is 10.9. The van der Waals surface area contributed by atoms with Gasteiger partial charge < -0.3 is 10.5 Å². The fourth-order valence-electron chi connectivity index (χ4n) is 1.38. The summed E-state index contributed by atoms with van der Waals surface area (Å²) in [5.41, 5.74) is 6.18. The van der Waals surface area contributed by atoms with Crippen LogP contribution in [-0.2, 0) is 0 Å².